The average molecular weight is 239 g/mol. The third-order valence-corrected chi connectivity index (χ3v) is 3.95. The normalized spacial score (nSPS) is 24.3. The molecule has 2 aliphatic rings. The highest BCUT2D eigenvalue weighted by molar-refractivity contribution is 5.88. The molecule has 0 unspecified atom stereocenters. The highest BCUT2D eigenvalue weighted by atomic mass is 16.2. The molecule has 1 aliphatic carbocycles. The van der Waals surface area contributed by atoms with Crippen molar-refractivity contribution in [3.63, 3.8) is 0 Å². The zero-order chi connectivity index (χ0) is 12.3. The molecule has 5 nitrogen and oxygen atoms in total. The minimum Gasteiger partial charge on any atom is -0.354 e. The predicted molar refractivity (Wildman–Crippen MR) is 64.2 cm³/mol. The molecule has 2 fully saturated rings. The van der Waals surface area contributed by atoms with Crippen molar-refractivity contribution in [2.45, 2.75) is 32.1 Å². The van der Waals surface area contributed by atoms with Crippen LogP contribution >= 0.6 is 0 Å². The van der Waals surface area contributed by atoms with Gasteiger partial charge in [-0.3, -0.25) is 9.59 Å². The van der Waals surface area contributed by atoms with E-state index in [0.717, 1.165) is 32.1 Å². The van der Waals surface area contributed by atoms with Gasteiger partial charge in [0.15, 0.2) is 0 Å². The second-order valence-corrected chi connectivity index (χ2v) is 5.12. The van der Waals surface area contributed by atoms with Crippen LogP contribution < -0.4 is 11.1 Å². The standard InChI is InChI=1S/C12H21N3O2/c13-9-12(4-1-2-5-12)11(17)15-7-3-6-14-10(16)8-15/h1-9,13H2,(H,14,16). The van der Waals surface area contributed by atoms with Crippen molar-refractivity contribution in [1.29, 1.82) is 0 Å². The number of nitrogens with one attached hydrogen (secondary N) is 1. The maximum Gasteiger partial charge on any atom is 0.239 e. The minimum absolute atomic E-state index is 0.0546. The molecular weight excluding hydrogens is 218 g/mol. The molecule has 96 valence electrons. The van der Waals surface area contributed by atoms with Crippen molar-refractivity contribution in [1.82, 2.24) is 10.2 Å². The maximum absolute atomic E-state index is 12.5. The van der Waals surface area contributed by atoms with E-state index >= 15 is 0 Å². The molecule has 0 bridgehead atoms. The summed E-state index contributed by atoms with van der Waals surface area (Å²) in [7, 11) is 0. The van der Waals surface area contributed by atoms with Crippen molar-refractivity contribution in [3.05, 3.63) is 0 Å². The van der Waals surface area contributed by atoms with Crippen molar-refractivity contribution < 1.29 is 9.59 Å². The molecule has 1 aliphatic heterocycles. The molecule has 17 heavy (non-hydrogen) atoms. The molecule has 1 heterocycles. The molecule has 2 amide bonds. The van der Waals surface area contributed by atoms with Gasteiger partial charge in [0.05, 0.1) is 12.0 Å². The molecule has 0 aromatic carbocycles. The number of rotatable bonds is 2. The van der Waals surface area contributed by atoms with Crippen molar-refractivity contribution in [3.8, 4) is 0 Å². The van der Waals surface area contributed by atoms with Gasteiger partial charge >= 0.3 is 0 Å². The number of nitrogens with two attached hydrogens (primary N) is 1. The molecule has 0 radical (unpaired) electrons. The summed E-state index contributed by atoms with van der Waals surface area (Å²) >= 11 is 0. The lowest BCUT2D eigenvalue weighted by molar-refractivity contribution is -0.143. The Kier molecular flexibility index (Phi) is 3.66. The fourth-order valence-electron chi connectivity index (χ4n) is 2.87. The summed E-state index contributed by atoms with van der Waals surface area (Å²) in [6.45, 7) is 1.93. The van der Waals surface area contributed by atoms with Crippen LogP contribution in [-0.2, 0) is 9.59 Å². The predicted octanol–water partition coefficient (Wildman–Crippen LogP) is -0.146. The van der Waals surface area contributed by atoms with E-state index < -0.39 is 0 Å². The Hall–Kier alpha value is -1.10. The van der Waals surface area contributed by atoms with Crippen molar-refractivity contribution >= 4 is 11.8 Å². The van der Waals surface area contributed by atoms with Crippen LogP contribution in [0.2, 0.25) is 0 Å². The molecule has 3 N–H and O–H groups in total. The van der Waals surface area contributed by atoms with Gasteiger partial charge in [0.25, 0.3) is 0 Å². The van der Waals surface area contributed by atoms with Gasteiger partial charge in [-0.15, -0.1) is 0 Å². The molecule has 1 saturated carbocycles. The monoisotopic (exact) mass is 239 g/mol. The van der Waals surface area contributed by atoms with Crippen LogP contribution in [0, 0.1) is 5.41 Å². The van der Waals surface area contributed by atoms with E-state index in [2.05, 4.69) is 5.32 Å². The maximum atomic E-state index is 12.5. The van der Waals surface area contributed by atoms with Crippen LogP contribution in [0.1, 0.15) is 32.1 Å². The Morgan fingerprint density at radius 1 is 1.35 bits per heavy atom. The summed E-state index contributed by atoms with van der Waals surface area (Å²) in [6, 6.07) is 0. The second kappa shape index (κ2) is 5.04. The molecule has 5 heteroatoms. The fraction of sp³-hybridized carbons (Fsp3) is 0.833. The Labute approximate surface area is 102 Å². The Morgan fingerprint density at radius 3 is 2.71 bits per heavy atom. The topological polar surface area (TPSA) is 75.4 Å². The average Bonchev–Trinajstić information content (AvgIpc) is 2.72. The van der Waals surface area contributed by atoms with Crippen molar-refractivity contribution in [2.24, 2.45) is 11.1 Å². The number of carbonyl (C=O) groups is 2. The van der Waals surface area contributed by atoms with Crippen LogP contribution in [0.3, 0.4) is 0 Å². The van der Waals surface area contributed by atoms with Gasteiger partial charge in [-0.1, -0.05) is 12.8 Å². The largest absolute Gasteiger partial charge is 0.354 e. The van der Waals surface area contributed by atoms with Crippen LogP contribution in [-0.4, -0.2) is 42.9 Å². The van der Waals surface area contributed by atoms with Crippen LogP contribution in [0.25, 0.3) is 0 Å². The van der Waals surface area contributed by atoms with Crippen molar-refractivity contribution in [2.75, 3.05) is 26.2 Å². The number of nitrogens with zero attached hydrogens (tertiary/aromatic N) is 1. The van der Waals surface area contributed by atoms with Gasteiger partial charge in [0, 0.05) is 19.6 Å². The number of amides is 2. The zero-order valence-electron chi connectivity index (χ0n) is 10.2. The molecule has 0 atom stereocenters. The molecule has 0 spiro atoms. The molecule has 1 saturated heterocycles. The zero-order valence-corrected chi connectivity index (χ0v) is 10.2. The van der Waals surface area contributed by atoms with E-state index in [9.17, 15) is 9.59 Å². The summed E-state index contributed by atoms with van der Waals surface area (Å²) in [6.07, 6.45) is 4.73. The van der Waals surface area contributed by atoms with Gasteiger partial charge < -0.3 is 16.0 Å². The van der Waals surface area contributed by atoms with Gasteiger partial charge in [-0.05, 0) is 19.3 Å². The number of carbonyl (C=O) groups excluding carboxylic acids is 2. The lowest BCUT2D eigenvalue weighted by atomic mass is 9.84. The first-order chi connectivity index (χ1) is 8.18. The number of hydrogen-bond acceptors (Lipinski definition) is 3. The van der Waals surface area contributed by atoms with E-state index in [0.29, 0.717) is 19.6 Å². The number of hydrogen-bond donors (Lipinski definition) is 2. The van der Waals surface area contributed by atoms with Gasteiger partial charge in [0.2, 0.25) is 11.8 Å². The summed E-state index contributed by atoms with van der Waals surface area (Å²) in [4.78, 5) is 25.7. The van der Waals surface area contributed by atoms with Crippen LogP contribution in [0.5, 0.6) is 0 Å². The summed E-state index contributed by atoms with van der Waals surface area (Å²) in [5, 5.41) is 2.79. The lowest BCUT2D eigenvalue weighted by Gasteiger charge is -2.32. The molecule has 0 aromatic heterocycles. The fourth-order valence-corrected chi connectivity index (χ4v) is 2.87. The SMILES string of the molecule is NCC1(C(=O)N2CCCNC(=O)C2)CCCC1. The Balaban J connectivity index is 2.09. The third kappa shape index (κ3) is 2.44. The van der Waals surface area contributed by atoms with Gasteiger partial charge in [-0.25, -0.2) is 0 Å². The first-order valence-electron chi connectivity index (χ1n) is 6.44. The highest BCUT2D eigenvalue weighted by Crippen LogP contribution is 2.38. The smallest absolute Gasteiger partial charge is 0.239 e. The van der Waals surface area contributed by atoms with E-state index in [1.54, 1.807) is 4.90 Å². The van der Waals surface area contributed by atoms with Crippen LogP contribution in [0.4, 0.5) is 0 Å². The summed E-state index contributed by atoms with van der Waals surface area (Å²) < 4.78 is 0. The first kappa shape index (κ1) is 12.4. The third-order valence-electron chi connectivity index (χ3n) is 3.95. The van der Waals surface area contributed by atoms with E-state index in [4.69, 9.17) is 5.73 Å². The molecule has 2 rings (SSSR count). The highest BCUT2D eigenvalue weighted by Gasteiger charge is 2.42. The van der Waals surface area contributed by atoms with E-state index in [-0.39, 0.29) is 23.8 Å². The summed E-state index contributed by atoms with van der Waals surface area (Å²) in [5.41, 5.74) is 5.42. The summed E-state index contributed by atoms with van der Waals surface area (Å²) in [5.74, 6) is 0.0376. The quantitative estimate of drug-likeness (QED) is 0.704. The van der Waals surface area contributed by atoms with Gasteiger partial charge in [0.1, 0.15) is 0 Å². The van der Waals surface area contributed by atoms with E-state index in [1.165, 1.54) is 0 Å². The lowest BCUT2D eigenvalue weighted by Crippen LogP contribution is -2.48. The van der Waals surface area contributed by atoms with Crippen LogP contribution in [0.15, 0.2) is 0 Å². The Bertz CT molecular complexity index is 311. The molecule has 0 aromatic rings. The Morgan fingerprint density at radius 2 is 2.06 bits per heavy atom. The second-order valence-electron chi connectivity index (χ2n) is 5.12. The first-order valence-corrected chi connectivity index (χ1v) is 6.44. The van der Waals surface area contributed by atoms with Gasteiger partial charge in [-0.2, -0.15) is 0 Å². The van der Waals surface area contributed by atoms with E-state index in [1.807, 2.05) is 0 Å². The molecular formula is C12H21N3O2. The minimum atomic E-state index is -0.384.